The summed E-state index contributed by atoms with van der Waals surface area (Å²) in [6.07, 6.45) is 2.35. The molecule has 0 atom stereocenters. The van der Waals surface area contributed by atoms with E-state index in [-0.39, 0.29) is 0 Å². The van der Waals surface area contributed by atoms with Crippen LogP contribution in [0.3, 0.4) is 0 Å². The minimum absolute atomic E-state index is 0.330. The van der Waals surface area contributed by atoms with Gasteiger partial charge in [0.2, 0.25) is 0 Å². The molecule has 0 spiro atoms. The lowest BCUT2D eigenvalue weighted by Gasteiger charge is -2.32. The van der Waals surface area contributed by atoms with Gasteiger partial charge in [0.25, 0.3) is 0 Å². The lowest BCUT2D eigenvalue weighted by atomic mass is 9.92. The van der Waals surface area contributed by atoms with Crippen molar-refractivity contribution in [3.8, 4) is 0 Å². The number of carboxylic acid groups (broad SMARTS) is 1. The van der Waals surface area contributed by atoms with Gasteiger partial charge in [0.1, 0.15) is 0 Å². The molecule has 0 amide bonds. The Morgan fingerprint density at radius 2 is 1.75 bits per heavy atom. The van der Waals surface area contributed by atoms with E-state index in [9.17, 15) is 4.79 Å². The second-order valence-corrected chi connectivity index (χ2v) is 6.19. The van der Waals surface area contributed by atoms with Crippen molar-refractivity contribution in [2.24, 2.45) is 5.92 Å². The van der Waals surface area contributed by atoms with E-state index in [0.717, 1.165) is 32.5 Å². The van der Waals surface area contributed by atoms with Crippen molar-refractivity contribution in [1.29, 1.82) is 0 Å². The molecule has 1 fully saturated rings. The van der Waals surface area contributed by atoms with Crippen molar-refractivity contribution in [3.63, 3.8) is 0 Å². The summed E-state index contributed by atoms with van der Waals surface area (Å²) in [5.74, 6) is -0.294. The van der Waals surface area contributed by atoms with Crippen molar-refractivity contribution < 1.29 is 9.90 Å². The maximum Gasteiger partial charge on any atom is 0.303 e. The molecule has 0 unspecified atom stereocenters. The van der Waals surface area contributed by atoms with E-state index in [1.807, 2.05) is 0 Å². The van der Waals surface area contributed by atoms with Crippen LogP contribution in [0.4, 0.5) is 0 Å². The highest BCUT2D eigenvalue weighted by atomic mass is 16.4. The Labute approximate surface area is 121 Å². The SMILES string of the molecule is Cc1cc(C)c(CN2CCC(CC(=O)O)CC2)c(C)c1. The van der Waals surface area contributed by atoms with Crippen LogP contribution in [-0.2, 0) is 11.3 Å². The number of hydrogen-bond donors (Lipinski definition) is 1. The van der Waals surface area contributed by atoms with Crippen LogP contribution in [0.15, 0.2) is 12.1 Å². The zero-order valence-corrected chi connectivity index (χ0v) is 12.8. The molecule has 1 heterocycles. The van der Waals surface area contributed by atoms with Crippen LogP contribution in [0, 0.1) is 26.7 Å². The van der Waals surface area contributed by atoms with Gasteiger partial charge in [-0.2, -0.15) is 0 Å². The van der Waals surface area contributed by atoms with E-state index in [2.05, 4.69) is 37.8 Å². The predicted molar refractivity (Wildman–Crippen MR) is 80.9 cm³/mol. The van der Waals surface area contributed by atoms with Crippen LogP contribution in [0.2, 0.25) is 0 Å². The smallest absolute Gasteiger partial charge is 0.303 e. The zero-order valence-electron chi connectivity index (χ0n) is 12.8. The van der Waals surface area contributed by atoms with Gasteiger partial charge in [0, 0.05) is 13.0 Å². The molecular formula is C17H25NO2. The molecule has 20 heavy (non-hydrogen) atoms. The minimum Gasteiger partial charge on any atom is -0.481 e. The van der Waals surface area contributed by atoms with Gasteiger partial charge < -0.3 is 5.11 Å². The zero-order chi connectivity index (χ0) is 14.7. The van der Waals surface area contributed by atoms with Crippen LogP contribution >= 0.6 is 0 Å². The molecule has 1 aliphatic heterocycles. The summed E-state index contributed by atoms with van der Waals surface area (Å²) in [7, 11) is 0. The lowest BCUT2D eigenvalue weighted by Crippen LogP contribution is -2.34. The summed E-state index contributed by atoms with van der Waals surface area (Å²) in [6, 6.07) is 4.50. The summed E-state index contributed by atoms with van der Waals surface area (Å²) in [5, 5.41) is 8.85. The number of nitrogens with zero attached hydrogens (tertiary/aromatic N) is 1. The average molecular weight is 275 g/mol. The van der Waals surface area contributed by atoms with Gasteiger partial charge in [-0.3, -0.25) is 9.69 Å². The summed E-state index contributed by atoms with van der Waals surface area (Å²) < 4.78 is 0. The Hall–Kier alpha value is -1.35. The van der Waals surface area contributed by atoms with Crippen LogP contribution in [-0.4, -0.2) is 29.1 Å². The van der Waals surface area contributed by atoms with Gasteiger partial charge in [0.15, 0.2) is 0 Å². The quantitative estimate of drug-likeness (QED) is 0.916. The topological polar surface area (TPSA) is 40.5 Å². The van der Waals surface area contributed by atoms with Gasteiger partial charge in [0.05, 0.1) is 0 Å². The summed E-state index contributed by atoms with van der Waals surface area (Å²) in [4.78, 5) is 13.2. The third-order valence-corrected chi connectivity index (χ3v) is 4.39. The van der Waals surface area contributed by atoms with Crippen LogP contribution in [0.25, 0.3) is 0 Å². The average Bonchev–Trinajstić information content (AvgIpc) is 2.35. The molecule has 2 rings (SSSR count). The molecule has 3 nitrogen and oxygen atoms in total. The third kappa shape index (κ3) is 3.83. The molecule has 1 N–H and O–H groups in total. The standard InChI is InChI=1S/C17H25NO2/c1-12-8-13(2)16(14(3)9-12)11-18-6-4-15(5-7-18)10-17(19)20/h8-9,15H,4-7,10-11H2,1-3H3,(H,19,20). The van der Waals surface area contributed by atoms with E-state index in [1.54, 1.807) is 0 Å². The molecule has 1 aromatic rings. The van der Waals surface area contributed by atoms with E-state index in [4.69, 9.17) is 5.11 Å². The summed E-state index contributed by atoms with van der Waals surface area (Å²) >= 11 is 0. The number of rotatable bonds is 4. The van der Waals surface area contributed by atoms with E-state index in [1.165, 1.54) is 22.3 Å². The predicted octanol–water partition coefficient (Wildman–Crippen LogP) is 3.30. The molecular weight excluding hydrogens is 250 g/mol. The fourth-order valence-electron chi connectivity index (χ4n) is 3.28. The Morgan fingerprint density at radius 1 is 1.20 bits per heavy atom. The van der Waals surface area contributed by atoms with Gasteiger partial charge in [-0.25, -0.2) is 0 Å². The fourth-order valence-corrected chi connectivity index (χ4v) is 3.28. The first-order valence-electron chi connectivity index (χ1n) is 7.46. The largest absolute Gasteiger partial charge is 0.481 e. The minimum atomic E-state index is -0.659. The summed E-state index contributed by atoms with van der Waals surface area (Å²) in [5.41, 5.74) is 5.50. The Balaban J connectivity index is 1.94. The number of hydrogen-bond acceptors (Lipinski definition) is 2. The third-order valence-electron chi connectivity index (χ3n) is 4.39. The van der Waals surface area contributed by atoms with Crippen molar-refractivity contribution in [2.45, 2.75) is 46.6 Å². The number of aliphatic carboxylic acids is 1. The number of aryl methyl sites for hydroxylation is 3. The van der Waals surface area contributed by atoms with Crippen molar-refractivity contribution in [1.82, 2.24) is 4.90 Å². The maximum atomic E-state index is 10.7. The van der Waals surface area contributed by atoms with Crippen molar-refractivity contribution in [2.75, 3.05) is 13.1 Å². The van der Waals surface area contributed by atoms with Crippen molar-refractivity contribution in [3.05, 3.63) is 34.4 Å². The number of benzene rings is 1. The van der Waals surface area contributed by atoms with Crippen LogP contribution in [0.1, 0.15) is 41.5 Å². The molecule has 0 aliphatic carbocycles. The van der Waals surface area contributed by atoms with E-state index in [0.29, 0.717) is 12.3 Å². The summed E-state index contributed by atoms with van der Waals surface area (Å²) in [6.45, 7) is 9.55. The van der Waals surface area contributed by atoms with Gasteiger partial charge in [-0.1, -0.05) is 17.7 Å². The first kappa shape index (κ1) is 15.0. The second kappa shape index (κ2) is 6.40. The van der Waals surface area contributed by atoms with Crippen LogP contribution in [0.5, 0.6) is 0 Å². The lowest BCUT2D eigenvalue weighted by molar-refractivity contribution is -0.138. The van der Waals surface area contributed by atoms with Crippen LogP contribution < -0.4 is 0 Å². The molecule has 0 saturated carbocycles. The van der Waals surface area contributed by atoms with E-state index < -0.39 is 5.97 Å². The molecule has 0 bridgehead atoms. The highest BCUT2D eigenvalue weighted by molar-refractivity contribution is 5.67. The number of carbonyl (C=O) groups is 1. The Morgan fingerprint density at radius 3 is 2.25 bits per heavy atom. The fraction of sp³-hybridized carbons (Fsp3) is 0.588. The first-order chi connectivity index (χ1) is 9.45. The first-order valence-corrected chi connectivity index (χ1v) is 7.46. The maximum absolute atomic E-state index is 10.7. The molecule has 110 valence electrons. The number of carboxylic acids is 1. The van der Waals surface area contributed by atoms with E-state index >= 15 is 0 Å². The molecule has 0 aromatic heterocycles. The molecule has 0 radical (unpaired) electrons. The Bertz CT molecular complexity index is 465. The Kier molecular flexibility index (Phi) is 4.81. The van der Waals surface area contributed by atoms with Gasteiger partial charge in [-0.15, -0.1) is 0 Å². The highest BCUT2D eigenvalue weighted by Crippen LogP contribution is 2.24. The monoisotopic (exact) mass is 275 g/mol. The molecule has 1 aliphatic rings. The van der Waals surface area contributed by atoms with Gasteiger partial charge in [-0.05, 0) is 69.3 Å². The molecule has 3 heteroatoms. The molecule has 1 aromatic carbocycles. The van der Waals surface area contributed by atoms with Crippen molar-refractivity contribution >= 4 is 5.97 Å². The van der Waals surface area contributed by atoms with Gasteiger partial charge >= 0.3 is 5.97 Å². The second-order valence-electron chi connectivity index (χ2n) is 6.19. The number of likely N-dealkylation sites (tertiary alicyclic amines) is 1. The molecule has 1 saturated heterocycles. The normalized spacial score (nSPS) is 17.4. The number of piperidine rings is 1. The highest BCUT2D eigenvalue weighted by Gasteiger charge is 2.21.